The summed E-state index contributed by atoms with van der Waals surface area (Å²) in [5, 5.41) is 2.55. The number of nitrogens with one attached hydrogen (secondary N) is 3. The van der Waals surface area contributed by atoms with Crippen molar-refractivity contribution in [3.8, 4) is 0 Å². The normalized spacial score (nSPS) is 10.7. The number of hydrogen-bond acceptors (Lipinski definition) is 4. The van der Waals surface area contributed by atoms with Crippen molar-refractivity contribution in [2.75, 3.05) is 5.32 Å². The van der Waals surface area contributed by atoms with Crippen LogP contribution in [0.2, 0.25) is 0 Å². The van der Waals surface area contributed by atoms with Crippen molar-refractivity contribution in [2.45, 2.75) is 26.4 Å². The summed E-state index contributed by atoms with van der Waals surface area (Å²) in [4.78, 5) is 35.6. The maximum atomic E-state index is 12.8. The number of halogens is 1. The Hall–Kier alpha value is -3.42. The molecular weight excluding hydrogens is 353 g/mol. The number of carbonyl (C=O) groups is 3. The van der Waals surface area contributed by atoms with E-state index in [1.807, 2.05) is 0 Å². The predicted octanol–water partition coefficient (Wildman–Crippen LogP) is 3.25. The van der Waals surface area contributed by atoms with Crippen LogP contribution in [0.15, 0.2) is 48.5 Å². The van der Waals surface area contributed by atoms with Gasteiger partial charge in [0.15, 0.2) is 0 Å². The summed E-state index contributed by atoms with van der Waals surface area (Å²) in [6.45, 7) is 5.25. The number of rotatable bonds is 3. The maximum Gasteiger partial charge on any atom is 0.412 e. The fourth-order valence-electron chi connectivity index (χ4n) is 1.99. The third-order valence-corrected chi connectivity index (χ3v) is 3.19. The van der Waals surface area contributed by atoms with E-state index in [0.29, 0.717) is 5.69 Å². The largest absolute Gasteiger partial charge is 0.444 e. The van der Waals surface area contributed by atoms with Crippen molar-refractivity contribution < 1.29 is 23.5 Å². The van der Waals surface area contributed by atoms with Gasteiger partial charge in [-0.2, -0.15) is 0 Å². The van der Waals surface area contributed by atoms with Crippen molar-refractivity contribution >= 4 is 23.6 Å². The molecule has 2 rings (SSSR count). The second-order valence-corrected chi connectivity index (χ2v) is 6.62. The third-order valence-electron chi connectivity index (χ3n) is 3.19. The standard InChI is InChI=1S/C19H20FN3O4/c1-19(2,3)27-18(26)21-15-10-6-13(7-11-15)17(25)23-22-16(24)12-4-8-14(20)9-5-12/h4-11H,1-3H3,(H,21,26)(H,22,24)(H,23,25). The summed E-state index contributed by atoms with van der Waals surface area (Å²) in [6, 6.07) is 10.9. The molecule has 0 spiro atoms. The Balaban J connectivity index is 1.88. The number of hydrazine groups is 1. The molecule has 3 N–H and O–H groups in total. The highest BCUT2D eigenvalue weighted by molar-refractivity contribution is 5.99. The summed E-state index contributed by atoms with van der Waals surface area (Å²) in [6.07, 6.45) is -0.605. The first-order valence-electron chi connectivity index (χ1n) is 8.10. The Morgan fingerprint density at radius 2 is 1.26 bits per heavy atom. The molecule has 0 unspecified atom stereocenters. The van der Waals surface area contributed by atoms with E-state index >= 15 is 0 Å². The number of benzene rings is 2. The van der Waals surface area contributed by atoms with Crippen molar-refractivity contribution in [1.29, 1.82) is 0 Å². The number of amides is 3. The summed E-state index contributed by atoms with van der Waals surface area (Å²) in [5.41, 5.74) is 4.80. The van der Waals surface area contributed by atoms with Gasteiger partial charge in [-0.25, -0.2) is 9.18 Å². The van der Waals surface area contributed by atoms with Gasteiger partial charge in [0.2, 0.25) is 0 Å². The molecule has 3 amide bonds. The second-order valence-electron chi connectivity index (χ2n) is 6.62. The zero-order chi connectivity index (χ0) is 20.0. The Bertz CT molecular complexity index is 828. The van der Waals surface area contributed by atoms with Gasteiger partial charge in [-0.15, -0.1) is 0 Å². The topological polar surface area (TPSA) is 96.5 Å². The number of hydrogen-bond donors (Lipinski definition) is 3. The van der Waals surface area contributed by atoms with Gasteiger partial charge < -0.3 is 4.74 Å². The van der Waals surface area contributed by atoms with Crippen LogP contribution >= 0.6 is 0 Å². The first-order valence-corrected chi connectivity index (χ1v) is 8.10. The molecule has 0 aromatic heterocycles. The molecule has 0 heterocycles. The summed E-state index contributed by atoms with van der Waals surface area (Å²) in [5.74, 6) is -1.59. The van der Waals surface area contributed by atoms with Crippen LogP contribution in [0.1, 0.15) is 41.5 Å². The third kappa shape index (κ3) is 6.43. The van der Waals surface area contributed by atoms with Gasteiger partial charge in [0.1, 0.15) is 11.4 Å². The van der Waals surface area contributed by atoms with Crippen LogP contribution in [0.4, 0.5) is 14.9 Å². The van der Waals surface area contributed by atoms with Crippen LogP contribution in [-0.2, 0) is 4.74 Å². The van der Waals surface area contributed by atoms with Crippen LogP contribution in [0.3, 0.4) is 0 Å². The smallest absolute Gasteiger partial charge is 0.412 e. The van der Waals surface area contributed by atoms with E-state index in [4.69, 9.17) is 4.74 Å². The SMILES string of the molecule is CC(C)(C)OC(=O)Nc1ccc(C(=O)NNC(=O)c2ccc(F)cc2)cc1. The average Bonchev–Trinajstić information content (AvgIpc) is 2.59. The van der Waals surface area contributed by atoms with Gasteiger partial charge in [0.25, 0.3) is 11.8 Å². The highest BCUT2D eigenvalue weighted by atomic mass is 19.1. The van der Waals surface area contributed by atoms with E-state index in [1.54, 1.807) is 20.8 Å². The molecule has 0 radical (unpaired) electrons. The Labute approximate surface area is 155 Å². The molecule has 0 aliphatic carbocycles. The molecule has 0 atom stereocenters. The molecule has 0 bridgehead atoms. The highest BCUT2D eigenvalue weighted by Gasteiger charge is 2.16. The minimum atomic E-state index is -0.618. The minimum Gasteiger partial charge on any atom is -0.444 e. The fourth-order valence-corrected chi connectivity index (χ4v) is 1.99. The molecule has 7 nitrogen and oxygen atoms in total. The molecule has 142 valence electrons. The molecule has 2 aromatic carbocycles. The van der Waals surface area contributed by atoms with E-state index in [2.05, 4.69) is 16.2 Å². The molecular formula is C19H20FN3O4. The van der Waals surface area contributed by atoms with E-state index in [1.165, 1.54) is 36.4 Å². The van der Waals surface area contributed by atoms with Gasteiger partial charge in [0, 0.05) is 16.8 Å². The summed E-state index contributed by atoms with van der Waals surface area (Å²) < 4.78 is 18.0. The molecule has 0 saturated carbocycles. The molecule has 0 aliphatic rings. The first kappa shape index (κ1) is 19.9. The van der Waals surface area contributed by atoms with Crippen molar-refractivity contribution in [2.24, 2.45) is 0 Å². The molecule has 8 heteroatoms. The second kappa shape index (κ2) is 8.31. The van der Waals surface area contributed by atoms with Crippen LogP contribution in [-0.4, -0.2) is 23.5 Å². The van der Waals surface area contributed by atoms with Gasteiger partial charge >= 0.3 is 6.09 Å². The van der Waals surface area contributed by atoms with E-state index in [9.17, 15) is 18.8 Å². The highest BCUT2D eigenvalue weighted by Crippen LogP contribution is 2.13. The molecule has 2 aromatic rings. The molecule has 0 aliphatic heterocycles. The van der Waals surface area contributed by atoms with Crippen LogP contribution in [0, 0.1) is 5.82 Å². The lowest BCUT2D eigenvalue weighted by molar-refractivity contribution is 0.0635. The van der Waals surface area contributed by atoms with Crippen LogP contribution < -0.4 is 16.2 Å². The van der Waals surface area contributed by atoms with Crippen LogP contribution in [0.25, 0.3) is 0 Å². The van der Waals surface area contributed by atoms with E-state index < -0.39 is 29.3 Å². The molecule has 0 saturated heterocycles. The zero-order valence-corrected chi connectivity index (χ0v) is 15.1. The lowest BCUT2D eigenvalue weighted by Crippen LogP contribution is -2.41. The zero-order valence-electron chi connectivity index (χ0n) is 15.1. The van der Waals surface area contributed by atoms with Crippen molar-refractivity contribution in [3.63, 3.8) is 0 Å². The lowest BCUT2D eigenvalue weighted by Gasteiger charge is -2.19. The lowest BCUT2D eigenvalue weighted by atomic mass is 10.2. The number of anilines is 1. The van der Waals surface area contributed by atoms with Gasteiger partial charge in [0.05, 0.1) is 0 Å². The molecule has 0 fully saturated rings. The first-order chi connectivity index (χ1) is 12.6. The molecule has 27 heavy (non-hydrogen) atoms. The van der Waals surface area contributed by atoms with Crippen LogP contribution in [0.5, 0.6) is 0 Å². The van der Waals surface area contributed by atoms with Crippen molar-refractivity contribution in [3.05, 3.63) is 65.5 Å². The predicted molar refractivity (Wildman–Crippen MR) is 97.6 cm³/mol. The maximum absolute atomic E-state index is 12.8. The summed E-state index contributed by atoms with van der Waals surface area (Å²) in [7, 11) is 0. The number of ether oxygens (including phenoxy) is 1. The minimum absolute atomic E-state index is 0.202. The van der Waals surface area contributed by atoms with E-state index in [-0.39, 0.29) is 11.1 Å². The van der Waals surface area contributed by atoms with Gasteiger partial charge in [-0.3, -0.25) is 25.8 Å². The Kier molecular flexibility index (Phi) is 6.12. The van der Waals surface area contributed by atoms with E-state index in [0.717, 1.165) is 12.1 Å². The Morgan fingerprint density at radius 3 is 1.70 bits per heavy atom. The van der Waals surface area contributed by atoms with Gasteiger partial charge in [-0.1, -0.05) is 0 Å². The average molecular weight is 373 g/mol. The quantitative estimate of drug-likeness (QED) is 0.720. The van der Waals surface area contributed by atoms with Gasteiger partial charge in [-0.05, 0) is 69.3 Å². The Morgan fingerprint density at radius 1 is 0.815 bits per heavy atom. The summed E-state index contributed by atoms with van der Waals surface area (Å²) >= 11 is 0. The monoisotopic (exact) mass is 373 g/mol. The number of carbonyl (C=O) groups excluding carboxylic acids is 3. The van der Waals surface area contributed by atoms with Crippen molar-refractivity contribution in [1.82, 2.24) is 10.9 Å². The fraction of sp³-hybridized carbons (Fsp3) is 0.211.